The van der Waals surface area contributed by atoms with E-state index in [1.807, 2.05) is 35.4 Å². The molecule has 0 saturated carbocycles. The molecule has 3 rings (SSSR count). The Morgan fingerprint density at radius 2 is 1.65 bits per heavy atom. The zero-order chi connectivity index (χ0) is 11.5. The number of para-hydroxylation sites is 2. The molecule has 17 heavy (non-hydrogen) atoms. The van der Waals surface area contributed by atoms with Gasteiger partial charge in [0.25, 0.3) is 0 Å². The van der Waals surface area contributed by atoms with E-state index >= 15 is 0 Å². The Hall–Kier alpha value is -1.96. The zero-order valence-corrected chi connectivity index (χ0v) is 9.67. The van der Waals surface area contributed by atoms with E-state index in [0.717, 1.165) is 25.1 Å². The van der Waals surface area contributed by atoms with Gasteiger partial charge in [-0.25, -0.2) is 5.06 Å². The minimum absolute atomic E-state index is 0.893. The molecular formula is C15H15NO. The smallest absolute Gasteiger partial charge is 0.155 e. The molecule has 0 fully saturated rings. The van der Waals surface area contributed by atoms with Crippen molar-refractivity contribution in [3.8, 4) is 5.75 Å². The molecule has 0 spiro atoms. The summed E-state index contributed by atoms with van der Waals surface area (Å²) in [5.74, 6) is 0.893. The van der Waals surface area contributed by atoms with Crippen LogP contribution in [0.2, 0.25) is 0 Å². The molecule has 0 N–H and O–H groups in total. The third-order valence-corrected chi connectivity index (χ3v) is 3.03. The van der Waals surface area contributed by atoms with Gasteiger partial charge < -0.3 is 4.84 Å². The van der Waals surface area contributed by atoms with Crippen molar-refractivity contribution in [2.45, 2.75) is 12.8 Å². The second-order valence-electron chi connectivity index (χ2n) is 4.24. The van der Waals surface area contributed by atoms with Crippen LogP contribution in [0, 0.1) is 0 Å². The Balaban J connectivity index is 1.86. The van der Waals surface area contributed by atoms with Gasteiger partial charge in [0, 0.05) is 0 Å². The molecule has 0 saturated heterocycles. The fourth-order valence-electron chi connectivity index (χ4n) is 2.20. The highest BCUT2D eigenvalue weighted by Crippen LogP contribution is 2.27. The summed E-state index contributed by atoms with van der Waals surface area (Å²) in [4.78, 5) is 5.92. The summed E-state index contributed by atoms with van der Waals surface area (Å²) in [6, 6.07) is 18.4. The molecule has 2 nitrogen and oxygen atoms in total. The van der Waals surface area contributed by atoms with Crippen molar-refractivity contribution in [1.29, 1.82) is 0 Å². The van der Waals surface area contributed by atoms with Gasteiger partial charge in [-0.2, -0.15) is 0 Å². The van der Waals surface area contributed by atoms with E-state index in [9.17, 15) is 0 Å². The van der Waals surface area contributed by atoms with Gasteiger partial charge in [0.2, 0.25) is 0 Å². The van der Waals surface area contributed by atoms with Crippen molar-refractivity contribution in [2.75, 3.05) is 11.6 Å². The highest BCUT2D eigenvalue weighted by molar-refractivity contribution is 5.54. The first-order chi connectivity index (χ1) is 8.43. The molecule has 0 radical (unpaired) electrons. The topological polar surface area (TPSA) is 12.5 Å². The van der Waals surface area contributed by atoms with E-state index in [-0.39, 0.29) is 0 Å². The lowest BCUT2D eigenvalue weighted by atomic mass is 10.0. The van der Waals surface area contributed by atoms with Crippen LogP contribution in [0.25, 0.3) is 0 Å². The van der Waals surface area contributed by atoms with Gasteiger partial charge in [-0.05, 0) is 36.6 Å². The van der Waals surface area contributed by atoms with E-state index in [1.165, 1.54) is 11.3 Å². The summed E-state index contributed by atoms with van der Waals surface area (Å²) in [5, 5.41) is 1.99. The molecule has 0 aromatic heterocycles. The first kappa shape index (κ1) is 10.2. The minimum atomic E-state index is 0.893. The van der Waals surface area contributed by atoms with Gasteiger partial charge in [0.15, 0.2) is 5.75 Å². The molecule has 86 valence electrons. The summed E-state index contributed by atoms with van der Waals surface area (Å²) in [5.41, 5.74) is 2.57. The molecule has 0 bridgehead atoms. The van der Waals surface area contributed by atoms with Gasteiger partial charge in [-0.15, -0.1) is 0 Å². The predicted octanol–water partition coefficient (Wildman–Crippen LogP) is 3.43. The first-order valence-electron chi connectivity index (χ1n) is 6.02. The van der Waals surface area contributed by atoms with Crippen LogP contribution in [0.15, 0.2) is 54.6 Å². The van der Waals surface area contributed by atoms with E-state index in [1.54, 1.807) is 0 Å². The van der Waals surface area contributed by atoms with Crippen LogP contribution < -0.4 is 9.90 Å². The van der Waals surface area contributed by atoms with Crippen molar-refractivity contribution in [3.63, 3.8) is 0 Å². The number of hydrogen-bond donors (Lipinski definition) is 0. The Morgan fingerprint density at radius 3 is 2.53 bits per heavy atom. The largest absolute Gasteiger partial charge is 0.380 e. The number of nitrogens with zero attached hydrogens (tertiary/aromatic N) is 1. The maximum Gasteiger partial charge on any atom is 0.155 e. The standard InChI is InChI=1S/C15H15NO/c1-2-9-14(10-3-1)17-16-12-6-8-13-7-4-5-11-15(13)16/h1-5,7,9-11H,6,8,12H2. The number of hydroxylamine groups is 1. The second-order valence-corrected chi connectivity index (χ2v) is 4.24. The predicted molar refractivity (Wildman–Crippen MR) is 69.2 cm³/mol. The number of anilines is 1. The van der Waals surface area contributed by atoms with Crippen LogP contribution in [-0.2, 0) is 6.42 Å². The molecule has 0 atom stereocenters. The summed E-state index contributed by atoms with van der Waals surface area (Å²) >= 11 is 0. The molecule has 0 aliphatic carbocycles. The third-order valence-electron chi connectivity index (χ3n) is 3.03. The van der Waals surface area contributed by atoms with Crippen LogP contribution in [0.5, 0.6) is 5.75 Å². The lowest BCUT2D eigenvalue weighted by Crippen LogP contribution is -2.32. The fraction of sp³-hybridized carbons (Fsp3) is 0.200. The average molecular weight is 225 g/mol. The summed E-state index contributed by atoms with van der Waals surface area (Å²) in [6.07, 6.45) is 2.29. The van der Waals surface area contributed by atoms with Crippen molar-refractivity contribution in [3.05, 3.63) is 60.2 Å². The first-order valence-corrected chi connectivity index (χ1v) is 6.02. The maximum atomic E-state index is 5.92. The number of fused-ring (bicyclic) bond motifs is 1. The maximum absolute atomic E-state index is 5.92. The summed E-state index contributed by atoms with van der Waals surface area (Å²) in [7, 11) is 0. The van der Waals surface area contributed by atoms with Crippen molar-refractivity contribution in [2.24, 2.45) is 0 Å². The highest BCUT2D eigenvalue weighted by atomic mass is 16.7. The van der Waals surface area contributed by atoms with Crippen molar-refractivity contribution >= 4 is 5.69 Å². The van der Waals surface area contributed by atoms with E-state index < -0.39 is 0 Å². The van der Waals surface area contributed by atoms with Crippen molar-refractivity contribution in [1.82, 2.24) is 0 Å². The number of hydrogen-bond acceptors (Lipinski definition) is 2. The molecule has 0 unspecified atom stereocenters. The van der Waals surface area contributed by atoms with Crippen LogP contribution >= 0.6 is 0 Å². The lowest BCUT2D eigenvalue weighted by molar-refractivity contribution is 0.270. The van der Waals surface area contributed by atoms with Crippen molar-refractivity contribution < 1.29 is 4.84 Å². The lowest BCUT2D eigenvalue weighted by Gasteiger charge is -2.30. The van der Waals surface area contributed by atoms with E-state index in [2.05, 4.69) is 24.3 Å². The van der Waals surface area contributed by atoms with Gasteiger partial charge in [-0.3, -0.25) is 0 Å². The number of rotatable bonds is 2. The molecule has 2 aromatic rings. The SMILES string of the molecule is c1ccc(ON2CCCc3ccccc32)cc1. The number of benzene rings is 2. The zero-order valence-electron chi connectivity index (χ0n) is 9.67. The Bertz CT molecular complexity index is 495. The molecular weight excluding hydrogens is 210 g/mol. The average Bonchev–Trinajstić information content (AvgIpc) is 2.40. The normalized spacial score (nSPS) is 14.2. The minimum Gasteiger partial charge on any atom is -0.380 e. The quantitative estimate of drug-likeness (QED) is 0.776. The van der Waals surface area contributed by atoms with E-state index in [0.29, 0.717) is 0 Å². The van der Waals surface area contributed by atoms with Crippen LogP contribution in [0.3, 0.4) is 0 Å². The van der Waals surface area contributed by atoms with E-state index in [4.69, 9.17) is 4.84 Å². The van der Waals surface area contributed by atoms with Gasteiger partial charge in [0.1, 0.15) is 0 Å². The molecule has 1 heterocycles. The van der Waals surface area contributed by atoms with Crippen LogP contribution in [0.1, 0.15) is 12.0 Å². The fourth-order valence-corrected chi connectivity index (χ4v) is 2.20. The Labute approximate surface area is 101 Å². The molecule has 1 aliphatic heterocycles. The molecule has 1 aliphatic rings. The van der Waals surface area contributed by atoms with Gasteiger partial charge >= 0.3 is 0 Å². The number of aryl methyl sites for hydroxylation is 1. The molecule has 2 aromatic carbocycles. The third kappa shape index (κ3) is 2.11. The Morgan fingerprint density at radius 1 is 0.882 bits per heavy atom. The Kier molecular flexibility index (Phi) is 2.70. The summed E-state index contributed by atoms with van der Waals surface area (Å²) in [6.45, 7) is 0.950. The molecule has 0 amide bonds. The second kappa shape index (κ2) is 4.50. The summed E-state index contributed by atoms with van der Waals surface area (Å²) < 4.78 is 0. The van der Waals surface area contributed by atoms with Crippen LogP contribution in [-0.4, -0.2) is 6.54 Å². The van der Waals surface area contributed by atoms with Gasteiger partial charge in [-0.1, -0.05) is 36.4 Å². The van der Waals surface area contributed by atoms with Gasteiger partial charge in [0.05, 0.1) is 12.2 Å². The highest BCUT2D eigenvalue weighted by Gasteiger charge is 2.17. The molecule has 2 heteroatoms. The monoisotopic (exact) mass is 225 g/mol. The van der Waals surface area contributed by atoms with Crippen LogP contribution in [0.4, 0.5) is 5.69 Å².